The summed E-state index contributed by atoms with van der Waals surface area (Å²) in [6, 6.07) is 0. The molecule has 2 aliphatic carbocycles. The number of carbonyl (C=O) groups is 1. The second kappa shape index (κ2) is 6.43. The topological polar surface area (TPSA) is 46.5 Å². The highest BCUT2D eigenvalue weighted by Gasteiger charge is 2.46. The van der Waals surface area contributed by atoms with E-state index in [4.69, 9.17) is 4.74 Å². The average molecular weight is 320 g/mol. The van der Waals surface area contributed by atoms with Crippen LogP contribution in [0.3, 0.4) is 0 Å². The van der Waals surface area contributed by atoms with Crippen LogP contribution in [0.2, 0.25) is 0 Å². The second-order valence-electron chi connectivity index (χ2n) is 8.69. The lowest BCUT2D eigenvalue weighted by atomic mass is 9.56. The van der Waals surface area contributed by atoms with E-state index >= 15 is 0 Å². The number of hydrogen-bond acceptors (Lipinski definition) is 3. The predicted molar refractivity (Wildman–Crippen MR) is 92.9 cm³/mol. The van der Waals surface area contributed by atoms with Crippen molar-refractivity contribution in [3.8, 4) is 0 Å². The van der Waals surface area contributed by atoms with E-state index < -0.39 is 5.60 Å². The van der Waals surface area contributed by atoms with Crippen molar-refractivity contribution in [2.75, 3.05) is 0 Å². The first-order valence-electron chi connectivity index (χ1n) is 8.75. The molecule has 0 radical (unpaired) electrons. The smallest absolute Gasteiger partial charge is 0.308 e. The lowest BCUT2D eigenvalue weighted by molar-refractivity contribution is -0.157. The highest BCUT2D eigenvalue weighted by Crippen LogP contribution is 2.54. The van der Waals surface area contributed by atoms with Crippen molar-refractivity contribution in [2.24, 2.45) is 17.3 Å². The fourth-order valence-corrected chi connectivity index (χ4v) is 4.41. The van der Waals surface area contributed by atoms with Gasteiger partial charge in [0.2, 0.25) is 0 Å². The van der Waals surface area contributed by atoms with Gasteiger partial charge < -0.3 is 9.84 Å². The van der Waals surface area contributed by atoms with Gasteiger partial charge in [0.15, 0.2) is 0 Å². The van der Waals surface area contributed by atoms with Gasteiger partial charge in [-0.15, -0.1) is 0 Å². The summed E-state index contributed by atoms with van der Waals surface area (Å²) in [5.41, 5.74) is 1.64. The molecule has 3 heteroatoms. The van der Waals surface area contributed by atoms with Crippen molar-refractivity contribution in [1.29, 1.82) is 0 Å². The van der Waals surface area contributed by atoms with Gasteiger partial charge in [-0.1, -0.05) is 31.2 Å². The number of hydrogen-bond donors (Lipinski definition) is 1. The van der Waals surface area contributed by atoms with Gasteiger partial charge in [0.05, 0.1) is 12.0 Å². The molecule has 0 aromatic carbocycles. The van der Waals surface area contributed by atoms with Crippen LogP contribution in [0.5, 0.6) is 0 Å². The minimum absolute atomic E-state index is 0.0356. The number of carbonyl (C=O) groups excluding carboxylic acids is 1. The van der Waals surface area contributed by atoms with Crippen LogP contribution >= 0.6 is 0 Å². The SMILES string of the molecule is C=C(C)[C@@H]1CC[C@@]2(C)C[C@@H](OC(=O)CC(C)(C)O)CC(=C)[C@H]2C1. The zero-order valence-electron chi connectivity index (χ0n) is 15.2. The van der Waals surface area contributed by atoms with E-state index in [2.05, 4.69) is 27.0 Å². The van der Waals surface area contributed by atoms with Crippen LogP contribution in [0.1, 0.15) is 66.2 Å². The molecule has 0 aromatic rings. The van der Waals surface area contributed by atoms with Crippen molar-refractivity contribution in [2.45, 2.75) is 77.9 Å². The highest BCUT2D eigenvalue weighted by molar-refractivity contribution is 5.70. The van der Waals surface area contributed by atoms with Crippen LogP contribution < -0.4 is 0 Å². The third-order valence-electron chi connectivity index (χ3n) is 5.67. The Kier molecular flexibility index (Phi) is 5.10. The predicted octanol–water partition coefficient (Wildman–Crippen LogP) is 4.41. The average Bonchev–Trinajstić information content (AvgIpc) is 2.34. The Morgan fingerprint density at radius 1 is 1.48 bits per heavy atom. The molecule has 0 aromatic heterocycles. The van der Waals surface area contributed by atoms with Gasteiger partial charge in [0.25, 0.3) is 0 Å². The quantitative estimate of drug-likeness (QED) is 0.616. The third kappa shape index (κ3) is 4.47. The van der Waals surface area contributed by atoms with E-state index in [0.717, 1.165) is 25.7 Å². The minimum atomic E-state index is -1.02. The van der Waals surface area contributed by atoms with Crippen molar-refractivity contribution in [3.63, 3.8) is 0 Å². The maximum Gasteiger partial charge on any atom is 0.308 e. The molecule has 0 unspecified atom stereocenters. The summed E-state index contributed by atoms with van der Waals surface area (Å²) < 4.78 is 5.65. The van der Waals surface area contributed by atoms with Crippen molar-refractivity contribution >= 4 is 5.97 Å². The molecule has 4 atom stereocenters. The molecular formula is C20H32O3. The van der Waals surface area contributed by atoms with Crippen LogP contribution in [0.15, 0.2) is 24.3 Å². The van der Waals surface area contributed by atoms with E-state index in [-0.39, 0.29) is 23.9 Å². The van der Waals surface area contributed by atoms with E-state index in [1.165, 1.54) is 17.6 Å². The van der Waals surface area contributed by atoms with Gasteiger partial charge in [-0.2, -0.15) is 0 Å². The number of aliphatic hydroxyl groups is 1. The molecule has 0 amide bonds. The van der Waals surface area contributed by atoms with Gasteiger partial charge in [0, 0.05) is 6.42 Å². The van der Waals surface area contributed by atoms with Crippen LogP contribution in [0.4, 0.5) is 0 Å². The Morgan fingerprint density at radius 3 is 2.70 bits per heavy atom. The molecule has 23 heavy (non-hydrogen) atoms. The Bertz CT molecular complexity index is 500. The lowest BCUT2D eigenvalue weighted by Gasteiger charge is -2.50. The second-order valence-corrected chi connectivity index (χ2v) is 8.69. The van der Waals surface area contributed by atoms with Gasteiger partial charge in [-0.25, -0.2) is 0 Å². The van der Waals surface area contributed by atoms with Gasteiger partial charge in [-0.3, -0.25) is 4.79 Å². The summed E-state index contributed by atoms with van der Waals surface area (Å²) in [5.74, 6) is 0.786. The number of ether oxygens (including phenoxy) is 1. The van der Waals surface area contributed by atoms with Crippen molar-refractivity contribution < 1.29 is 14.6 Å². The van der Waals surface area contributed by atoms with Crippen molar-refractivity contribution in [3.05, 3.63) is 24.3 Å². The van der Waals surface area contributed by atoms with Gasteiger partial charge >= 0.3 is 5.97 Å². The Balaban J connectivity index is 2.01. The molecule has 2 saturated carbocycles. The lowest BCUT2D eigenvalue weighted by Crippen LogP contribution is -2.44. The zero-order chi connectivity index (χ0) is 17.4. The molecule has 2 fully saturated rings. The number of rotatable bonds is 4. The summed E-state index contributed by atoms with van der Waals surface area (Å²) in [6.45, 7) is 16.1. The van der Waals surface area contributed by atoms with Crippen LogP contribution in [-0.2, 0) is 9.53 Å². The third-order valence-corrected chi connectivity index (χ3v) is 5.67. The van der Waals surface area contributed by atoms with Gasteiger partial charge in [-0.05, 0) is 63.7 Å². The first-order chi connectivity index (χ1) is 10.5. The highest BCUT2D eigenvalue weighted by atomic mass is 16.5. The molecule has 130 valence electrons. The Labute approximate surface area is 140 Å². The first kappa shape index (κ1) is 18.3. The van der Waals surface area contributed by atoms with Crippen LogP contribution in [-0.4, -0.2) is 22.8 Å². The molecule has 0 aliphatic heterocycles. The van der Waals surface area contributed by atoms with E-state index in [9.17, 15) is 9.90 Å². The normalized spacial score (nSPS) is 34.7. The Hall–Kier alpha value is -1.09. The summed E-state index contributed by atoms with van der Waals surface area (Å²) in [5, 5.41) is 9.76. The monoisotopic (exact) mass is 320 g/mol. The van der Waals surface area contributed by atoms with Gasteiger partial charge in [0.1, 0.15) is 6.10 Å². The first-order valence-corrected chi connectivity index (χ1v) is 8.75. The summed E-state index contributed by atoms with van der Waals surface area (Å²) >= 11 is 0. The summed E-state index contributed by atoms with van der Waals surface area (Å²) in [7, 11) is 0. The molecule has 0 saturated heterocycles. The fraction of sp³-hybridized carbons (Fsp3) is 0.750. The molecule has 2 rings (SSSR count). The molecule has 3 nitrogen and oxygen atoms in total. The van der Waals surface area contributed by atoms with E-state index in [0.29, 0.717) is 11.8 Å². The van der Waals surface area contributed by atoms with Crippen LogP contribution in [0, 0.1) is 17.3 Å². The zero-order valence-corrected chi connectivity index (χ0v) is 15.2. The largest absolute Gasteiger partial charge is 0.462 e. The maximum absolute atomic E-state index is 12.0. The Morgan fingerprint density at radius 2 is 2.13 bits per heavy atom. The molecule has 0 spiro atoms. The summed E-state index contributed by atoms with van der Waals surface area (Å²) in [6.07, 6.45) is 5.02. The van der Waals surface area contributed by atoms with E-state index in [1.54, 1.807) is 13.8 Å². The number of fused-ring (bicyclic) bond motifs is 1. The molecule has 0 bridgehead atoms. The number of esters is 1. The molecular weight excluding hydrogens is 288 g/mol. The van der Waals surface area contributed by atoms with Crippen LogP contribution in [0.25, 0.3) is 0 Å². The standard InChI is InChI=1S/C20H32O3/c1-13(2)15-7-8-20(6)11-16(9-14(3)17(20)10-15)23-18(21)12-19(4,5)22/h15-17,22H,1,3,7-12H2,2,4-6H3/t15-,16+,17-,20+/m1/s1. The minimum Gasteiger partial charge on any atom is -0.462 e. The molecule has 0 heterocycles. The fourth-order valence-electron chi connectivity index (χ4n) is 4.41. The number of allylic oxidation sites excluding steroid dienone is 1. The summed E-state index contributed by atoms with van der Waals surface area (Å²) in [4.78, 5) is 12.0. The van der Waals surface area contributed by atoms with Crippen molar-refractivity contribution in [1.82, 2.24) is 0 Å². The molecule has 1 N–H and O–H groups in total. The molecule has 2 aliphatic rings. The van der Waals surface area contributed by atoms with E-state index in [1.807, 2.05) is 0 Å². The maximum atomic E-state index is 12.0.